The Bertz CT molecular complexity index is 1190. The minimum atomic E-state index is -0.337. The number of fused-ring (bicyclic) bond motifs is 1. The molecular weight excluding hydrogens is 431 g/mol. The standard InChI is InChI=1S/C20H16Cl2N4O2S/c1-2-12-5-3-4-6-17(12)28-10-18(27)23-19-24-20-26(25-19)16(11-29-20)14-9-13(21)7-8-15(14)22/h3-9,11H,2,10H2,1H3,(H,23,25,27). The number of carbonyl (C=O) groups excluding carboxylic acids is 1. The number of hydrogen-bond acceptors (Lipinski definition) is 5. The van der Waals surface area contributed by atoms with Crippen molar-refractivity contribution >= 4 is 51.4 Å². The molecule has 0 aliphatic carbocycles. The van der Waals surface area contributed by atoms with Crippen LogP contribution in [0, 0.1) is 0 Å². The summed E-state index contributed by atoms with van der Waals surface area (Å²) >= 11 is 13.8. The van der Waals surface area contributed by atoms with E-state index in [9.17, 15) is 4.79 Å². The minimum absolute atomic E-state index is 0.128. The molecule has 9 heteroatoms. The maximum absolute atomic E-state index is 12.3. The van der Waals surface area contributed by atoms with E-state index in [1.807, 2.05) is 36.6 Å². The van der Waals surface area contributed by atoms with E-state index in [1.54, 1.807) is 22.7 Å². The number of rotatable bonds is 6. The zero-order chi connectivity index (χ0) is 20.4. The van der Waals surface area contributed by atoms with Crippen LogP contribution in [0.5, 0.6) is 5.75 Å². The molecule has 6 nitrogen and oxygen atoms in total. The summed E-state index contributed by atoms with van der Waals surface area (Å²) in [5.41, 5.74) is 2.54. The Morgan fingerprint density at radius 3 is 2.90 bits per heavy atom. The first-order valence-corrected chi connectivity index (χ1v) is 10.5. The third-order valence-electron chi connectivity index (χ3n) is 4.25. The number of para-hydroxylation sites is 1. The molecule has 2 heterocycles. The summed E-state index contributed by atoms with van der Waals surface area (Å²) in [6.07, 6.45) is 0.825. The number of thiazole rings is 1. The Balaban J connectivity index is 1.50. The molecule has 0 radical (unpaired) electrons. The fourth-order valence-electron chi connectivity index (χ4n) is 2.85. The Morgan fingerprint density at radius 2 is 2.07 bits per heavy atom. The van der Waals surface area contributed by atoms with Gasteiger partial charge in [0.05, 0.1) is 10.7 Å². The van der Waals surface area contributed by atoms with Gasteiger partial charge >= 0.3 is 0 Å². The average Bonchev–Trinajstić information content (AvgIpc) is 3.28. The van der Waals surface area contributed by atoms with Crippen molar-refractivity contribution in [2.75, 3.05) is 11.9 Å². The predicted octanol–water partition coefficient (Wildman–Crippen LogP) is 5.34. The van der Waals surface area contributed by atoms with Gasteiger partial charge in [-0.25, -0.2) is 4.52 Å². The third-order valence-corrected chi connectivity index (χ3v) is 5.63. The van der Waals surface area contributed by atoms with Gasteiger partial charge in [-0.1, -0.05) is 48.3 Å². The van der Waals surface area contributed by atoms with E-state index < -0.39 is 0 Å². The molecule has 0 saturated carbocycles. The van der Waals surface area contributed by atoms with E-state index in [-0.39, 0.29) is 18.5 Å². The fourth-order valence-corrected chi connectivity index (χ4v) is 4.06. The van der Waals surface area contributed by atoms with Crippen LogP contribution in [-0.4, -0.2) is 27.1 Å². The van der Waals surface area contributed by atoms with Gasteiger partial charge in [-0.05, 0) is 36.2 Å². The number of benzene rings is 2. The van der Waals surface area contributed by atoms with Crippen molar-refractivity contribution in [2.24, 2.45) is 0 Å². The van der Waals surface area contributed by atoms with Crippen molar-refractivity contribution in [3.05, 3.63) is 63.5 Å². The third kappa shape index (κ3) is 4.22. The molecule has 1 N–H and O–H groups in total. The second kappa shape index (κ2) is 8.41. The van der Waals surface area contributed by atoms with Gasteiger partial charge in [0.25, 0.3) is 11.9 Å². The molecule has 0 bridgehead atoms. The topological polar surface area (TPSA) is 68.5 Å². The number of amides is 1. The smallest absolute Gasteiger partial charge is 0.264 e. The van der Waals surface area contributed by atoms with Crippen molar-refractivity contribution in [3.63, 3.8) is 0 Å². The second-order valence-electron chi connectivity index (χ2n) is 6.17. The summed E-state index contributed by atoms with van der Waals surface area (Å²) in [6, 6.07) is 12.9. The molecule has 1 amide bonds. The number of anilines is 1. The molecule has 0 spiro atoms. The molecule has 4 aromatic rings. The summed E-state index contributed by atoms with van der Waals surface area (Å²) in [7, 11) is 0. The van der Waals surface area contributed by atoms with Gasteiger partial charge in [0.15, 0.2) is 6.61 Å². The molecule has 0 aliphatic heterocycles. The fraction of sp³-hybridized carbons (Fsp3) is 0.150. The van der Waals surface area contributed by atoms with Crippen LogP contribution >= 0.6 is 34.5 Å². The van der Waals surface area contributed by atoms with Gasteiger partial charge in [-0.15, -0.1) is 16.4 Å². The Labute approximate surface area is 181 Å². The van der Waals surface area contributed by atoms with Crippen LogP contribution in [0.25, 0.3) is 16.2 Å². The lowest BCUT2D eigenvalue weighted by atomic mass is 10.1. The van der Waals surface area contributed by atoms with E-state index in [0.717, 1.165) is 23.2 Å². The van der Waals surface area contributed by atoms with E-state index >= 15 is 0 Å². The number of ether oxygens (including phenoxy) is 1. The van der Waals surface area contributed by atoms with Crippen LogP contribution in [0.1, 0.15) is 12.5 Å². The Kier molecular flexibility index (Phi) is 5.71. The Morgan fingerprint density at radius 1 is 1.24 bits per heavy atom. The monoisotopic (exact) mass is 446 g/mol. The largest absolute Gasteiger partial charge is 0.483 e. The molecule has 2 aromatic heterocycles. The maximum atomic E-state index is 12.3. The van der Waals surface area contributed by atoms with E-state index in [1.165, 1.54) is 11.3 Å². The first-order valence-electron chi connectivity index (χ1n) is 8.85. The average molecular weight is 447 g/mol. The van der Waals surface area contributed by atoms with Gasteiger partial charge in [0, 0.05) is 16.0 Å². The molecule has 0 aliphatic rings. The van der Waals surface area contributed by atoms with E-state index in [2.05, 4.69) is 15.4 Å². The maximum Gasteiger partial charge on any atom is 0.264 e. The highest BCUT2D eigenvalue weighted by atomic mass is 35.5. The predicted molar refractivity (Wildman–Crippen MR) is 116 cm³/mol. The lowest BCUT2D eigenvalue weighted by Crippen LogP contribution is -2.21. The van der Waals surface area contributed by atoms with E-state index in [4.69, 9.17) is 27.9 Å². The summed E-state index contributed by atoms with van der Waals surface area (Å²) in [4.78, 5) is 17.3. The number of nitrogens with zero attached hydrogens (tertiary/aromatic N) is 3. The molecule has 148 valence electrons. The van der Waals surface area contributed by atoms with Gasteiger partial charge in [0.1, 0.15) is 5.75 Å². The molecular formula is C20H16Cl2N4O2S. The normalized spacial score (nSPS) is 11.0. The summed E-state index contributed by atoms with van der Waals surface area (Å²) in [5, 5.41) is 10.1. The van der Waals surface area contributed by atoms with Crippen LogP contribution in [0.15, 0.2) is 47.8 Å². The quantitative estimate of drug-likeness (QED) is 0.433. The number of aryl methyl sites for hydroxylation is 1. The molecule has 0 unspecified atom stereocenters. The lowest BCUT2D eigenvalue weighted by molar-refractivity contribution is -0.118. The highest BCUT2D eigenvalue weighted by Crippen LogP contribution is 2.33. The first-order chi connectivity index (χ1) is 14.0. The van der Waals surface area contributed by atoms with Crippen LogP contribution < -0.4 is 10.1 Å². The second-order valence-corrected chi connectivity index (χ2v) is 7.85. The van der Waals surface area contributed by atoms with Gasteiger partial charge in [-0.2, -0.15) is 4.98 Å². The zero-order valence-electron chi connectivity index (χ0n) is 15.4. The van der Waals surface area contributed by atoms with Crippen LogP contribution in [-0.2, 0) is 11.2 Å². The zero-order valence-corrected chi connectivity index (χ0v) is 17.7. The number of hydrogen-bond donors (Lipinski definition) is 1. The van der Waals surface area contributed by atoms with Crippen molar-refractivity contribution in [1.82, 2.24) is 14.6 Å². The molecule has 29 heavy (non-hydrogen) atoms. The molecule has 0 saturated heterocycles. The van der Waals surface area contributed by atoms with Crippen LogP contribution in [0.2, 0.25) is 10.0 Å². The highest BCUT2D eigenvalue weighted by molar-refractivity contribution is 7.15. The number of aromatic nitrogens is 3. The van der Waals surface area contributed by atoms with Gasteiger partial charge < -0.3 is 4.74 Å². The van der Waals surface area contributed by atoms with Gasteiger partial charge in [-0.3, -0.25) is 10.1 Å². The van der Waals surface area contributed by atoms with E-state index in [0.29, 0.717) is 20.8 Å². The molecule has 2 aromatic carbocycles. The SMILES string of the molecule is CCc1ccccc1OCC(=O)Nc1nc2scc(-c3cc(Cl)ccc3Cl)n2n1. The Hall–Kier alpha value is -2.61. The number of nitrogens with one attached hydrogen (secondary N) is 1. The van der Waals surface area contributed by atoms with Crippen molar-refractivity contribution in [2.45, 2.75) is 13.3 Å². The van der Waals surface area contributed by atoms with Crippen molar-refractivity contribution < 1.29 is 9.53 Å². The van der Waals surface area contributed by atoms with Crippen LogP contribution in [0.4, 0.5) is 5.95 Å². The summed E-state index contributed by atoms with van der Waals surface area (Å²) in [5.74, 6) is 0.562. The molecule has 4 rings (SSSR count). The molecule has 0 atom stereocenters. The van der Waals surface area contributed by atoms with Crippen LogP contribution in [0.3, 0.4) is 0 Å². The van der Waals surface area contributed by atoms with Crippen molar-refractivity contribution in [1.29, 1.82) is 0 Å². The van der Waals surface area contributed by atoms with Gasteiger partial charge in [0.2, 0.25) is 4.96 Å². The number of carbonyl (C=O) groups is 1. The lowest BCUT2D eigenvalue weighted by Gasteiger charge is -2.09. The molecule has 0 fully saturated rings. The highest BCUT2D eigenvalue weighted by Gasteiger charge is 2.16. The number of halogens is 2. The first kappa shape index (κ1) is 19.7. The summed E-state index contributed by atoms with van der Waals surface area (Å²) < 4.78 is 7.27. The van der Waals surface area contributed by atoms with Crippen molar-refractivity contribution in [3.8, 4) is 17.0 Å². The minimum Gasteiger partial charge on any atom is -0.483 e. The summed E-state index contributed by atoms with van der Waals surface area (Å²) in [6.45, 7) is 1.91.